The molecule has 1 saturated carbocycles. The molecule has 1 unspecified atom stereocenters. The molecule has 0 bridgehead atoms. The van der Waals surface area contributed by atoms with Gasteiger partial charge in [-0.05, 0) is 12.8 Å². The zero-order valence-corrected chi connectivity index (χ0v) is 11.8. The topological polar surface area (TPSA) is 86.7 Å². The number of carboxylic acid groups (broad SMARTS) is 1. The van der Waals surface area contributed by atoms with Crippen LogP contribution in [0.2, 0.25) is 0 Å². The van der Waals surface area contributed by atoms with Gasteiger partial charge in [-0.15, -0.1) is 0 Å². The Bertz CT molecular complexity index is 410. The zero-order valence-electron chi connectivity index (χ0n) is 11.8. The predicted octanol–water partition coefficient (Wildman–Crippen LogP) is 0.614. The Hall–Kier alpha value is -1.59. The fourth-order valence-electron chi connectivity index (χ4n) is 3.12. The summed E-state index contributed by atoms with van der Waals surface area (Å²) in [6.45, 7) is 0.426. The molecule has 2 fully saturated rings. The lowest BCUT2D eigenvalue weighted by molar-refractivity contribution is -0.143. The lowest BCUT2D eigenvalue weighted by Crippen LogP contribution is -2.45. The van der Waals surface area contributed by atoms with Gasteiger partial charge in [0, 0.05) is 26.1 Å². The van der Waals surface area contributed by atoms with Gasteiger partial charge >= 0.3 is 5.97 Å². The average Bonchev–Trinajstić information content (AvgIpc) is 2.62. The van der Waals surface area contributed by atoms with Gasteiger partial charge in [0.2, 0.25) is 11.8 Å². The van der Waals surface area contributed by atoms with E-state index in [0.29, 0.717) is 19.4 Å². The number of carbonyl (C=O) groups excluding carboxylic acids is 2. The van der Waals surface area contributed by atoms with E-state index in [0.717, 1.165) is 19.3 Å². The van der Waals surface area contributed by atoms with E-state index in [1.165, 1.54) is 0 Å². The summed E-state index contributed by atoms with van der Waals surface area (Å²) in [6, 6.07) is -0.302. The van der Waals surface area contributed by atoms with Gasteiger partial charge in [-0.2, -0.15) is 0 Å². The molecule has 1 heterocycles. The summed E-state index contributed by atoms with van der Waals surface area (Å²) in [6.07, 6.45) is 4.41. The maximum absolute atomic E-state index is 12.2. The van der Waals surface area contributed by atoms with Gasteiger partial charge in [0.05, 0.1) is 11.8 Å². The van der Waals surface area contributed by atoms with Crippen LogP contribution in [0.25, 0.3) is 0 Å². The van der Waals surface area contributed by atoms with Crippen LogP contribution >= 0.6 is 0 Å². The van der Waals surface area contributed by atoms with Gasteiger partial charge in [0.15, 0.2) is 0 Å². The van der Waals surface area contributed by atoms with Gasteiger partial charge in [-0.1, -0.05) is 19.3 Å². The van der Waals surface area contributed by atoms with Crippen LogP contribution < -0.4 is 5.32 Å². The van der Waals surface area contributed by atoms with E-state index < -0.39 is 11.9 Å². The minimum atomic E-state index is -0.836. The summed E-state index contributed by atoms with van der Waals surface area (Å²) in [5.74, 6) is -1.89. The third-order valence-corrected chi connectivity index (χ3v) is 4.37. The van der Waals surface area contributed by atoms with Gasteiger partial charge in [-0.25, -0.2) is 0 Å². The Labute approximate surface area is 118 Å². The highest BCUT2D eigenvalue weighted by atomic mass is 16.4. The number of amides is 2. The number of nitrogens with zero attached hydrogens (tertiary/aromatic N) is 1. The molecule has 0 aromatic carbocycles. The maximum atomic E-state index is 12.2. The highest BCUT2D eigenvalue weighted by molar-refractivity contribution is 5.89. The van der Waals surface area contributed by atoms with Crippen LogP contribution in [0, 0.1) is 11.8 Å². The van der Waals surface area contributed by atoms with E-state index in [9.17, 15) is 19.5 Å². The highest BCUT2D eigenvalue weighted by Crippen LogP contribution is 2.25. The Morgan fingerprint density at radius 3 is 2.55 bits per heavy atom. The van der Waals surface area contributed by atoms with Crippen LogP contribution in [0.4, 0.5) is 0 Å². The minimum Gasteiger partial charge on any atom is -0.481 e. The highest BCUT2D eigenvalue weighted by Gasteiger charge is 2.36. The number of rotatable bonds is 3. The molecule has 0 radical (unpaired) electrons. The minimum absolute atomic E-state index is 0.0270. The number of hydrogen-bond donors (Lipinski definition) is 2. The summed E-state index contributed by atoms with van der Waals surface area (Å²) in [5.41, 5.74) is 0. The molecular formula is C14H22N2O4. The van der Waals surface area contributed by atoms with Gasteiger partial charge in [0.25, 0.3) is 0 Å². The monoisotopic (exact) mass is 282 g/mol. The van der Waals surface area contributed by atoms with Crippen molar-refractivity contribution in [1.82, 2.24) is 10.2 Å². The molecule has 2 rings (SSSR count). The zero-order chi connectivity index (χ0) is 14.7. The van der Waals surface area contributed by atoms with E-state index >= 15 is 0 Å². The quantitative estimate of drug-likeness (QED) is 0.743. The van der Waals surface area contributed by atoms with Crippen molar-refractivity contribution in [2.24, 2.45) is 11.8 Å². The summed E-state index contributed by atoms with van der Waals surface area (Å²) >= 11 is 0. The van der Waals surface area contributed by atoms with Crippen LogP contribution in [0.5, 0.6) is 0 Å². The molecule has 1 saturated heterocycles. The van der Waals surface area contributed by atoms with Crippen molar-refractivity contribution >= 4 is 17.8 Å². The van der Waals surface area contributed by atoms with Crippen molar-refractivity contribution in [3.63, 3.8) is 0 Å². The lowest BCUT2D eigenvalue weighted by Gasteiger charge is -2.24. The van der Waals surface area contributed by atoms with E-state index in [-0.39, 0.29) is 30.2 Å². The first kappa shape index (κ1) is 14.8. The van der Waals surface area contributed by atoms with Crippen molar-refractivity contribution in [1.29, 1.82) is 0 Å². The van der Waals surface area contributed by atoms with Crippen molar-refractivity contribution in [2.45, 2.75) is 44.6 Å². The average molecular weight is 282 g/mol. The van der Waals surface area contributed by atoms with Crippen LogP contribution in [-0.4, -0.2) is 47.4 Å². The first-order valence-corrected chi connectivity index (χ1v) is 7.26. The van der Waals surface area contributed by atoms with E-state index in [4.69, 9.17) is 0 Å². The molecule has 6 heteroatoms. The van der Waals surface area contributed by atoms with Crippen LogP contribution in [0.1, 0.15) is 38.5 Å². The number of nitrogens with one attached hydrogen (secondary N) is 1. The second kappa shape index (κ2) is 6.24. The predicted molar refractivity (Wildman–Crippen MR) is 71.9 cm³/mol. The molecule has 0 aromatic rings. The van der Waals surface area contributed by atoms with Gasteiger partial charge in [0.1, 0.15) is 0 Å². The lowest BCUT2D eigenvalue weighted by atomic mass is 9.94. The van der Waals surface area contributed by atoms with E-state index in [1.54, 1.807) is 11.9 Å². The standard InChI is InChI=1S/C14H22N2O4/c1-16-8-9(7-12(16)17)13(18)15-11-6-4-2-3-5-10(11)14(19)20/h9-11H,2-8H2,1H3,(H,15,18)(H,19,20)/t9?,10-,11+/m1/s1. The third-order valence-electron chi connectivity index (χ3n) is 4.37. The molecule has 1 aliphatic heterocycles. The molecule has 2 amide bonds. The molecule has 0 aromatic heterocycles. The summed E-state index contributed by atoms with van der Waals surface area (Å²) < 4.78 is 0. The summed E-state index contributed by atoms with van der Waals surface area (Å²) in [5, 5.41) is 12.2. The van der Waals surface area contributed by atoms with Crippen LogP contribution in [-0.2, 0) is 14.4 Å². The smallest absolute Gasteiger partial charge is 0.308 e. The molecule has 6 nitrogen and oxygen atoms in total. The second-order valence-electron chi connectivity index (χ2n) is 5.87. The first-order chi connectivity index (χ1) is 9.49. The van der Waals surface area contributed by atoms with Crippen LogP contribution in [0.15, 0.2) is 0 Å². The van der Waals surface area contributed by atoms with E-state index in [1.807, 2.05) is 0 Å². The van der Waals surface area contributed by atoms with Gasteiger partial charge in [-0.3, -0.25) is 14.4 Å². The van der Waals surface area contributed by atoms with E-state index in [2.05, 4.69) is 5.32 Å². The van der Waals surface area contributed by atoms with Crippen LogP contribution in [0.3, 0.4) is 0 Å². The molecular weight excluding hydrogens is 260 g/mol. The van der Waals surface area contributed by atoms with Crippen molar-refractivity contribution in [2.75, 3.05) is 13.6 Å². The number of hydrogen-bond acceptors (Lipinski definition) is 3. The van der Waals surface area contributed by atoms with Crippen molar-refractivity contribution < 1.29 is 19.5 Å². The molecule has 3 atom stereocenters. The molecule has 2 N–H and O–H groups in total. The number of likely N-dealkylation sites (tertiary alicyclic amines) is 1. The Morgan fingerprint density at radius 1 is 1.25 bits per heavy atom. The molecule has 2 aliphatic rings. The fourth-order valence-corrected chi connectivity index (χ4v) is 3.12. The maximum Gasteiger partial charge on any atom is 0.308 e. The van der Waals surface area contributed by atoms with Crippen molar-refractivity contribution in [3.05, 3.63) is 0 Å². The largest absolute Gasteiger partial charge is 0.481 e. The molecule has 112 valence electrons. The second-order valence-corrected chi connectivity index (χ2v) is 5.87. The number of aliphatic carboxylic acids is 1. The summed E-state index contributed by atoms with van der Waals surface area (Å²) in [4.78, 5) is 36.5. The fraction of sp³-hybridized carbons (Fsp3) is 0.786. The SMILES string of the molecule is CN1CC(C(=O)N[C@H]2CCCCC[C@H]2C(=O)O)CC1=O. The molecule has 20 heavy (non-hydrogen) atoms. The third kappa shape index (κ3) is 3.29. The molecule has 1 aliphatic carbocycles. The Morgan fingerprint density at radius 2 is 1.95 bits per heavy atom. The Kier molecular flexibility index (Phi) is 4.62. The van der Waals surface area contributed by atoms with Gasteiger partial charge < -0.3 is 15.3 Å². The normalized spacial score (nSPS) is 30.9. The summed E-state index contributed by atoms with van der Waals surface area (Å²) in [7, 11) is 1.68. The Balaban J connectivity index is 1.97. The van der Waals surface area contributed by atoms with Crippen molar-refractivity contribution in [3.8, 4) is 0 Å². The number of carbonyl (C=O) groups is 3. The first-order valence-electron chi connectivity index (χ1n) is 7.26. The molecule has 0 spiro atoms. The number of carboxylic acids is 1.